The van der Waals surface area contributed by atoms with Gasteiger partial charge < -0.3 is 9.32 Å². The van der Waals surface area contributed by atoms with Crippen LogP contribution in [-0.2, 0) is 6.67 Å². The molecule has 1 aliphatic carbocycles. The largest absolute Gasteiger partial charge is 0.424 e. The van der Waals surface area contributed by atoms with Gasteiger partial charge in [-0.3, -0.25) is 0 Å². The van der Waals surface area contributed by atoms with E-state index in [0.29, 0.717) is 5.58 Å². The summed E-state index contributed by atoms with van der Waals surface area (Å²) in [6.07, 6.45) is 8.13. The number of likely N-dealkylation sites (tertiary alicyclic amines) is 1. The van der Waals surface area contributed by atoms with Gasteiger partial charge in [-0.1, -0.05) is 18.6 Å². The van der Waals surface area contributed by atoms with Gasteiger partial charge >= 0.3 is 5.76 Å². The lowest BCUT2D eigenvalue weighted by atomic mass is 9.78. The minimum Gasteiger partial charge on any atom is -0.408 e. The van der Waals surface area contributed by atoms with Gasteiger partial charge in [-0.05, 0) is 44.2 Å². The number of rotatable bonds is 2. The number of hydrogen-bond donors (Lipinski definition) is 1. The number of nitrogens with zero attached hydrogens (tertiary/aromatic N) is 1. The van der Waals surface area contributed by atoms with E-state index in [2.05, 4.69) is 0 Å². The summed E-state index contributed by atoms with van der Waals surface area (Å²) in [7, 11) is 0. The Bertz CT molecular complexity index is 685. The number of para-hydroxylation sites is 2. The Kier molecular flexibility index (Phi) is 3.34. The molecule has 0 bridgehead atoms. The number of oxazole rings is 1. The van der Waals surface area contributed by atoms with Crippen LogP contribution in [0.4, 0.5) is 0 Å². The molecule has 2 heterocycles. The fraction of sp³-hybridized carbons (Fsp3) is 0.588. The van der Waals surface area contributed by atoms with Gasteiger partial charge in [0.05, 0.1) is 18.1 Å². The molecule has 2 fully saturated rings. The van der Waals surface area contributed by atoms with Crippen molar-refractivity contribution in [2.75, 3.05) is 6.54 Å². The van der Waals surface area contributed by atoms with Crippen LogP contribution in [-0.4, -0.2) is 17.2 Å². The minimum atomic E-state index is -0.207. The van der Waals surface area contributed by atoms with Crippen molar-refractivity contribution in [3.63, 3.8) is 0 Å². The van der Waals surface area contributed by atoms with Crippen molar-refractivity contribution in [1.82, 2.24) is 4.57 Å². The molecular weight excluding hydrogens is 264 g/mol. The van der Waals surface area contributed by atoms with Crippen LogP contribution in [0.15, 0.2) is 33.5 Å². The van der Waals surface area contributed by atoms with Gasteiger partial charge in [0, 0.05) is 5.92 Å². The van der Waals surface area contributed by atoms with Crippen LogP contribution < -0.4 is 10.7 Å². The van der Waals surface area contributed by atoms with Crippen molar-refractivity contribution in [1.29, 1.82) is 0 Å². The van der Waals surface area contributed by atoms with Crippen LogP contribution >= 0.6 is 0 Å². The van der Waals surface area contributed by atoms with E-state index in [1.54, 1.807) is 4.90 Å². The van der Waals surface area contributed by atoms with E-state index in [1.807, 2.05) is 28.8 Å². The third-order valence-corrected chi connectivity index (χ3v) is 5.44. The number of fused-ring (bicyclic) bond motifs is 2. The second-order valence-electron chi connectivity index (χ2n) is 6.62. The van der Waals surface area contributed by atoms with Crippen LogP contribution in [0.25, 0.3) is 11.1 Å². The van der Waals surface area contributed by atoms with Crippen LogP contribution in [0.5, 0.6) is 0 Å². The van der Waals surface area contributed by atoms with Crippen molar-refractivity contribution >= 4 is 11.1 Å². The minimum absolute atomic E-state index is 0.207. The third kappa shape index (κ3) is 2.31. The number of quaternary nitrogens is 1. The highest BCUT2D eigenvalue weighted by Gasteiger charge is 2.36. The lowest BCUT2D eigenvalue weighted by molar-refractivity contribution is -0.957. The maximum atomic E-state index is 12.2. The predicted octanol–water partition coefficient (Wildman–Crippen LogP) is 1.79. The molecule has 2 aliphatic rings. The molecule has 2 aromatic rings. The molecule has 1 aromatic carbocycles. The molecule has 0 radical (unpaired) electrons. The van der Waals surface area contributed by atoms with E-state index in [4.69, 9.17) is 4.42 Å². The van der Waals surface area contributed by atoms with Gasteiger partial charge in [-0.25, -0.2) is 9.36 Å². The summed E-state index contributed by atoms with van der Waals surface area (Å²) >= 11 is 0. The normalized spacial score (nSPS) is 29.4. The van der Waals surface area contributed by atoms with E-state index < -0.39 is 0 Å². The van der Waals surface area contributed by atoms with Gasteiger partial charge in [-0.15, -0.1) is 0 Å². The van der Waals surface area contributed by atoms with E-state index >= 15 is 0 Å². The van der Waals surface area contributed by atoms with Gasteiger partial charge in [0.25, 0.3) is 0 Å². The van der Waals surface area contributed by atoms with Crippen LogP contribution in [0.3, 0.4) is 0 Å². The smallest absolute Gasteiger partial charge is 0.408 e. The highest BCUT2D eigenvalue weighted by molar-refractivity contribution is 5.72. The Balaban J connectivity index is 1.64. The number of hydrogen-bond acceptors (Lipinski definition) is 2. The predicted molar refractivity (Wildman–Crippen MR) is 81.3 cm³/mol. The van der Waals surface area contributed by atoms with Gasteiger partial charge in [0.15, 0.2) is 12.3 Å². The lowest BCUT2D eigenvalue weighted by Gasteiger charge is -2.41. The summed E-state index contributed by atoms with van der Waals surface area (Å²) in [4.78, 5) is 13.7. The molecule has 1 saturated carbocycles. The third-order valence-electron chi connectivity index (χ3n) is 5.44. The summed E-state index contributed by atoms with van der Waals surface area (Å²) in [5, 5.41) is 0. The van der Waals surface area contributed by atoms with Crippen molar-refractivity contribution in [3.05, 3.63) is 34.8 Å². The summed E-state index contributed by atoms with van der Waals surface area (Å²) in [6.45, 7) is 1.95. The second-order valence-corrected chi connectivity index (χ2v) is 6.62. The van der Waals surface area contributed by atoms with Crippen molar-refractivity contribution < 1.29 is 9.32 Å². The van der Waals surface area contributed by atoms with Crippen LogP contribution in [0.2, 0.25) is 0 Å². The summed E-state index contributed by atoms with van der Waals surface area (Å²) in [5.74, 6) is 0.665. The average Bonchev–Trinajstić information content (AvgIpc) is 2.84. The van der Waals surface area contributed by atoms with Crippen molar-refractivity contribution in [2.45, 2.75) is 51.2 Å². The maximum Gasteiger partial charge on any atom is 0.424 e. The summed E-state index contributed by atoms with van der Waals surface area (Å²) in [5.41, 5.74) is 1.65. The second kappa shape index (κ2) is 5.34. The highest BCUT2D eigenvalue weighted by Crippen LogP contribution is 2.28. The van der Waals surface area contributed by atoms with E-state index in [0.717, 1.165) is 24.1 Å². The van der Waals surface area contributed by atoms with Gasteiger partial charge in [-0.2, -0.15) is 0 Å². The van der Waals surface area contributed by atoms with Crippen LogP contribution in [0, 0.1) is 5.92 Å². The fourth-order valence-corrected chi connectivity index (χ4v) is 4.43. The zero-order valence-corrected chi connectivity index (χ0v) is 12.4. The molecule has 112 valence electrons. The molecule has 0 amide bonds. The molecule has 4 nitrogen and oxygen atoms in total. The Hall–Kier alpha value is -1.55. The zero-order valence-electron chi connectivity index (χ0n) is 12.4. The molecule has 3 atom stereocenters. The molecular formula is C17H23N2O2+. The van der Waals surface area contributed by atoms with E-state index in [-0.39, 0.29) is 5.76 Å². The quantitative estimate of drug-likeness (QED) is 0.914. The number of nitrogens with one attached hydrogen (secondary N) is 1. The zero-order chi connectivity index (χ0) is 14.2. The first-order valence-electron chi connectivity index (χ1n) is 8.26. The first-order chi connectivity index (χ1) is 10.3. The molecule has 4 rings (SSSR count). The summed E-state index contributed by atoms with van der Waals surface area (Å²) < 4.78 is 7.21. The number of benzene rings is 1. The number of aromatic nitrogens is 1. The molecule has 1 N–H and O–H groups in total. The lowest BCUT2D eigenvalue weighted by Crippen LogP contribution is -3.17. The SMILES string of the molecule is O=c1oc2ccccc2n1C[NH+]1CCC[C@H]2CCCC[C@@H]21. The fourth-order valence-electron chi connectivity index (χ4n) is 4.43. The van der Waals surface area contributed by atoms with Gasteiger partial charge in [0.2, 0.25) is 0 Å². The first-order valence-corrected chi connectivity index (χ1v) is 8.26. The Morgan fingerprint density at radius 2 is 1.95 bits per heavy atom. The highest BCUT2D eigenvalue weighted by atomic mass is 16.4. The van der Waals surface area contributed by atoms with E-state index in [9.17, 15) is 4.79 Å². The van der Waals surface area contributed by atoms with Gasteiger partial charge in [0.1, 0.15) is 0 Å². The molecule has 1 aliphatic heterocycles. The molecule has 1 saturated heterocycles. The Labute approximate surface area is 124 Å². The Morgan fingerprint density at radius 1 is 1.14 bits per heavy atom. The van der Waals surface area contributed by atoms with Crippen LogP contribution in [0.1, 0.15) is 38.5 Å². The molecule has 4 heteroatoms. The standard InChI is InChI=1S/C17H22N2O2/c20-17-19(15-9-3-4-10-16(15)21-17)12-18-11-5-7-13-6-1-2-8-14(13)18/h3-4,9-10,13-14H,1-2,5-8,11-12H2/p+1/t13-,14+/m1/s1. The Morgan fingerprint density at radius 3 is 2.90 bits per heavy atom. The van der Waals surface area contributed by atoms with Crippen molar-refractivity contribution in [3.8, 4) is 0 Å². The van der Waals surface area contributed by atoms with E-state index in [1.165, 1.54) is 45.1 Å². The van der Waals surface area contributed by atoms with Crippen molar-refractivity contribution in [2.24, 2.45) is 5.92 Å². The molecule has 21 heavy (non-hydrogen) atoms. The average molecular weight is 287 g/mol. The molecule has 0 spiro atoms. The monoisotopic (exact) mass is 287 g/mol. The molecule has 1 unspecified atom stereocenters. The summed E-state index contributed by atoms with van der Waals surface area (Å²) in [6, 6.07) is 8.50. The number of piperidine rings is 1. The maximum absolute atomic E-state index is 12.2. The first kappa shape index (κ1) is 13.1. The molecule has 1 aromatic heterocycles. The topological polar surface area (TPSA) is 39.6 Å².